The van der Waals surface area contributed by atoms with Gasteiger partial charge in [0, 0.05) is 26.0 Å². The van der Waals surface area contributed by atoms with Crippen molar-refractivity contribution in [3.8, 4) is 0 Å². The minimum Gasteiger partial charge on any atom is -0.480 e. The molecular formula is C13H18N2O5S. The topological polar surface area (TPSA) is 116 Å². The number of carboxylic acid groups (broad SMARTS) is 1. The molecule has 0 aliphatic carbocycles. The molecule has 1 rings (SSSR count). The van der Waals surface area contributed by atoms with Crippen molar-refractivity contribution in [2.45, 2.75) is 25.3 Å². The smallest absolute Gasteiger partial charge is 0.326 e. The summed E-state index contributed by atoms with van der Waals surface area (Å²) in [6.07, 6.45) is 0.491. The fourth-order valence-corrected chi connectivity index (χ4v) is 2.24. The van der Waals surface area contributed by atoms with Gasteiger partial charge >= 0.3 is 5.97 Å². The molecule has 0 bridgehead atoms. The van der Waals surface area contributed by atoms with E-state index in [2.05, 4.69) is 10.6 Å². The first-order chi connectivity index (χ1) is 10.0. The van der Waals surface area contributed by atoms with Crippen LogP contribution in [0, 0.1) is 0 Å². The van der Waals surface area contributed by atoms with Crippen LogP contribution in [0.3, 0.4) is 0 Å². The molecule has 0 fully saturated rings. The van der Waals surface area contributed by atoms with Crippen LogP contribution in [0.4, 0.5) is 0 Å². The highest BCUT2D eigenvalue weighted by atomic mass is 32.1. The first-order valence-electron chi connectivity index (χ1n) is 6.49. The summed E-state index contributed by atoms with van der Waals surface area (Å²) in [7, 11) is 0. The van der Waals surface area contributed by atoms with E-state index in [1.54, 1.807) is 17.5 Å². The van der Waals surface area contributed by atoms with Crippen LogP contribution in [-0.4, -0.2) is 47.2 Å². The van der Waals surface area contributed by atoms with Gasteiger partial charge in [0.15, 0.2) is 0 Å². The van der Waals surface area contributed by atoms with Crippen molar-refractivity contribution in [3.05, 3.63) is 22.4 Å². The maximum atomic E-state index is 11.6. The van der Waals surface area contributed by atoms with Gasteiger partial charge < -0.3 is 20.8 Å². The Morgan fingerprint density at radius 2 is 2.10 bits per heavy atom. The highest BCUT2D eigenvalue weighted by Gasteiger charge is 2.18. The quantitative estimate of drug-likeness (QED) is 0.486. The number of nitrogens with one attached hydrogen (secondary N) is 2. The summed E-state index contributed by atoms with van der Waals surface area (Å²) in [6.45, 7) is 0.0238. The van der Waals surface area contributed by atoms with Crippen LogP contribution in [0.15, 0.2) is 17.5 Å². The fraction of sp³-hybridized carbons (Fsp3) is 0.462. The van der Waals surface area contributed by atoms with Gasteiger partial charge in [0.2, 0.25) is 5.91 Å². The summed E-state index contributed by atoms with van der Waals surface area (Å²) < 4.78 is 0. The number of carbonyl (C=O) groups excluding carboxylic acids is 2. The Morgan fingerprint density at radius 3 is 2.67 bits per heavy atom. The average molecular weight is 314 g/mol. The van der Waals surface area contributed by atoms with Crippen molar-refractivity contribution < 1.29 is 24.6 Å². The first-order valence-corrected chi connectivity index (χ1v) is 7.37. The van der Waals surface area contributed by atoms with Crippen LogP contribution < -0.4 is 10.6 Å². The summed E-state index contributed by atoms with van der Waals surface area (Å²) in [4.78, 5) is 34.5. The molecule has 0 aromatic carbocycles. The standard InChI is InChI=1S/C13H18N2O5S/c16-7-5-9(13(19)20)15-11(17)4-1-6-14-12(18)10-3-2-8-21-10/h2-3,8-9,16H,1,4-7H2,(H,14,18)(H,15,17)(H,19,20)/t9-/m0/s1. The van der Waals surface area contributed by atoms with Gasteiger partial charge in [-0.05, 0) is 17.9 Å². The molecule has 2 amide bonds. The summed E-state index contributed by atoms with van der Waals surface area (Å²) in [5.41, 5.74) is 0. The van der Waals surface area contributed by atoms with Crippen LogP contribution in [0.2, 0.25) is 0 Å². The molecule has 21 heavy (non-hydrogen) atoms. The summed E-state index contributed by atoms with van der Waals surface area (Å²) in [5.74, 6) is -1.78. The largest absolute Gasteiger partial charge is 0.480 e. The maximum absolute atomic E-state index is 11.6. The second kappa shape index (κ2) is 9.09. The molecule has 0 spiro atoms. The number of carbonyl (C=O) groups is 3. The molecule has 0 aliphatic heterocycles. The Bertz CT molecular complexity index is 475. The number of aliphatic hydroxyl groups excluding tert-OH is 1. The molecule has 7 nitrogen and oxygen atoms in total. The van der Waals surface area contributed by atoms with Gasteiger partial charge in [-0.15, -0.1) is 11.3 Å². The molecule has 0 saturated heterocycles. The van der Waals surface area contributed by atoms with E-state index < -0.39 is 17.9 Å². The third-order valence-corrected chi connectivity index (χ3v) is 3.53. The normalized spacial score (nSPS) is 11.7. The van der Waals surface area contributed by atoms with Gasteiger partial charge in [-0.2, -0.15) is 0 Å². The van der Waals surface area contributed by atoms with Gasteiger partial charge in [-0.1, -0.05) is 6.07 Å². The number of carboxylic acids is 1. The van der Waals surface area contributed by atoms with Gasteiger partial charge in [-0.25, -0.2) is 4.79 Å². The number of aliphatic hydroxyl groups is 1. The zero-order valence-corrected chi connectivity index (χ0v) is 12.2. The highest BCUT2D eigenvalue weighted by molar-refractivity contribution is 7.12. The number of amides is 2. The molecule has 1 atom stereocenters. The predicted octanol–water partition coefficient (Wildman–Crippen LogP) is 0.210. The molecule has 0 radical (unpaired) electrons. The second-order valence-corrected chi connectivity index (χ2v) is 5.26. The van der Waals surface area contributed by atoms with E-state index in [0.717, 1.165) is 0 Å². The SMILES string of the molecule is O=C(CCCNC(=O)c1cccs1)N[C@@H](CCO)C(=O)O. The molecule has 0 aliphatic rings. The Morgan fingerprint density at radius 1 is 1.33 bits per heavy atom. The van der Waals surface area contributed by atoms with Crippen LogP contribution in [0.5, 0.6) is 0 Å². The van der Waals surface area contributed by atoms with Crippen LogP contribution >= 0.6 is 11.3 Å². The van der Waals surface area contributed by atoms with Crippen molar-refractivity contribution in [2.75, 3.05) is 13.2 Å². The maximum Gasteiger partial charge on any atom is 0.326 e. The molecule has 0 unspecified atom stereocenters. The lowest BCUT2D eigenvalue weighted by Gasteiger charge is -2.13. The Hall–Kier alpha value is -1.93. The number of hydrogen-bond acceptors (Lipinski definition) is 5. The molecule has 1 aromatic heterocycles. The van der Waals surface area contributed by atoms with Gasteiger partial charge in [0.05, 0.1) is 4.88 Å². The Balaban J connectivity index is 2.21. The molecule has 8 heteroatoms. The van der Waals surface area contributed by atoms with E-state index in [-0.39, 0.29) is 25.4 Å². The minimum absolute atomic E-state index is 0.0316. The van der Waals surface area contributed by atoms with Gasteiger partial charge in [-0.3, -0.25) is 9.59 Å². The van der Waals surface area contributed by atoms with Crippen molar-refractivity contribution >= 4 is 29.1 Å². The molecule has 1 aromatic rings. The zero-order chi connectivity index (χ0) is 15.7. The zero-order valence-electron chi connectivity index (χ0n) is 11.4. The van der Waals surface area contributed by atoms with Crippen molar-refractivity contribution in [3.63, 3.8) is 0 Å². The van der Waals surface area contributed by atoms with Crippen LogP contribution in [-0.2, 0) is 9.59 Å². The number of aliphatic carboxylic acids is 1. The monoisotopic (exact) mass is 314 g/mol. The Labute approximate surface area is 126 Å². The second-order valence-electron chi connectivity index (χ2n) is 4.31. The van der Waals surface area contributed by atoms with E-state index in [1.165, 1.54) is 11.3 Å². The van der Waals surface area contributed by atoms with E-state index in [9.17, 15) is 14.4 Å². The van der Waals surface area contributed by atoms with Gasteiger partial charge in [0.1, 0.15) is 6.04 Å². The van der Waals surface area contributed by atoms with E-state index >= 15 is 0 Å². The van der Waals surface area contributed by atoms with Gasteiger partial charge in [0.25, 0.3) is 5.91 Å². The lowest BCUT2D eigenvalue weighted by molar-refractivity contribution is -0.142. The van der Waals surface area contributed by atoms with Crippen LogP contribution in [0.25, 0.3) is 0 Å². The summed E-state index contributed by atoms with van der Waals surface area (Å²) in [6, 6.07) is 2.41. The molecular weight excluding hydrogens is 296 g/mol. The van der Waals surface area contributed by atoms with Crippen LogP contribution in [0.1, 0.15) is 28.9 Å². The summed E-state index contributed by atoms with van der Waals surface area (Å²) >= 11 is 1.33. The lowest BCUT2D eigenvalue weighted by Crippen LogP contribution is -2.41. The van der Waals surface area contributed by atoms with Crippen molar-refractivity contribution in [1.29, 1.82) is 0 Å². The average Bonchev–Trinajstić information content (AvgIpc) is 2.97. The van der Waals surface area contributed by atoms with E-state index in [1.807, 2.05) is 0 Å². The molecule has 0 saturated carbocycles. The molecule has 116 valence electrons. The predicted molar refractivity (Wildman–Crippen MR) is 77.2 cm³/mol. The highest BCUT2D eigenvalue weighted by Crippen LogP contribution is 2.07. The van der Waals surface area contributed by atoms with E-state index in [0.29, 0.717) is 17.8 Å². The van der Waals surface area contributed by atoms with Crippen molar-refractivity contribution in [2.24, 2.45) is 0 Å². The van der Waals surface area contributed by atoms with E-state index in [4.69, 9.17) is 10.2 Å². The minimum atomic E-state index is -1.18. The lowest BCUT2D eigenvalue weighted by atomic mass is 10.2. The third kappa shape index (κ3) is 6.37. The Kier molecular flexibility index (Phi) is 7.41. The molecule has 4 N–H and O–H groups in total. The molecule has 1 heterocycles. The number of hydrogen-bond donors (Lipinski definition) is 4. The number of thiophene rings is 1. The first kappa shape index (κ1) is 17.1. The third-order valence-electron chi connectivity index (χ3n) is 2.66. The number of rotatable bonds is 9. The fourth-order valence-electron chi connectivity index (χ4n) is 1.60. The van der Waals surface area contributed by atoms with Crippen molar-refractivity contribution in [1.82, 2.24) is 10.6 Å². The summed E-state index contributed by atoms with van der Waals surface area (Å²) in [5, 5.41) is 24.3.